The molecule has 14 heavy (non-hydrogen) atoms. The number of likely N-dealkylation sites (tertiary alicyclic amines) is 1. The Morgan fingerprint density at radius 3 is 2.57 bits per heavy atom. The molecule has 0 aromatic rings. The van der Waals surface area contributed by atoms with Crippen LogP contribution in [-0.4, -0.2) is 55.1 Å². The summed E-state index contributed by atoms with van der Waals surface area (Å²) in [7, 11) is 4.33. The van der Waals surface area contributed by atoms with Gasteiger partial charge in [0.05, 0.1) is 0 Å². The number of nitrogens with two attached hydrogens (primary N) is 1. The van der Waals surface area contributed by atoms with Crippen molar-refractivity contribution < 1.29 is 0 Å². The second kappa shape index (κ2) is 5.10. The van der Waals surface area contributed by atoms with Crippen molar-refractivity contribution >= 4 is 0 Å². The predicted octanol–water partition coefficient (Wildman–Crippen LogP) is 0.748. The molecule has 1 fully saturated rings. The van der Waals surface area contributed by atoms with Crippen LogP contribution < -0.4 is 5.73 Å². The average molecular weight is 199 g/mol. The Morgan fingerprint density at radius 2 is 2.14 bits per heavy atom. The lowest BCUT2D eigenvalue weighted by Crippen LogP contribution is -2.45. The highest BCUT2D eigenvalue weighted by Crippen LogP contribution is 2.17. The Balaban J connectivity index is 2.41. The summed E-state index contributed by atoms with van der Waals surface area (Å²) in [5.74, 6) is 0. The van der Waals surface area contributed by atoms with E-state index in [2.05, 4.69) is 37.7 Å². The Bertz CT molecular complexity index is 170. The van der Waals surface area contributed by atoms with Gasteiger partial charge in [0, 0.05) is 31.2 Å². The predicted molar refractivity (Wildman–Crippen MR) is 61.4 cm³/mol. The van der Waals surface area contributed by atoms with Crippen molar-refractivity contribution in [2.45, 2.75) is 44.8 Å². The molecule has 1 aliphatic heterocycles. The smallest absolute Gasteiger partial charge is 0.0229 e. The first-order valence-corrected chi connectivity index (χ1v) is 5.72. The van der Waals surface area contributed by atoms with Gasteiger partial charge in [-0.15, -0.1) is 0 Å². The zero-order valence-electron chi connectivity index (χ0n) is 10.0. The summed E-state index contributed by atoms with van der Waals surface area (Å²) in [6, 6.07) is 1.59. The highest BCUT2D eigenvalue weighted by molar-refractivity contribution is 4.87. The normalized spacial score (nSPS) is 28.3. The van der Waals surface area contributed by atoms with Gasteiger partial charge in [-0.2, -0.15) is 0 Å². The van der Waals surface area contributed by atoms with Crippen LogP contribution in [0.5, 0.6) is 0 Å². The monoisotopic (exact) mass is 199 g/mol. The standard InChI is InChI=1S/C11H25N3/c1-5-11(12)9(2)14-7-6-10(8-14)13(3)4/h9-11H,5-8,12H2,1-4H3. The summed E-state index contributed by atoms with van der Waals surface area (Å²) in [6.45, 7) is 6.81. The van der Waals surface area contributed by atoms with E-state index in [1.54, 1.807) is 0 Å². The van der Waals surface area contributed by atoms with E-state index in [-0.39, 0.29) is 0 Å². The van der Waals surface area contributed by atoms with Crippen molar-refractivity contribution in [1.29, 1.82) is 0 Å². The van der Waals surface area contributed by atoms with Crippen LogP contribution in [0.15, 0.2) is 0 Å². The van der Waals surface area contributed by atoms with Crippen molar-refractivity contribution in [3.63, 3.8) is 0 Å². The van der Waals surface area contributed by atoms with Crippen LogP contribution in [0, 0.1) is 0 Å². The molecule has 1 rings (SSSR count). The molecule has 84 valence electrons. The Hall–Kier alpha value is -0.120. The quantitative estimate of drug-likeness (QED) is 0.725. The molecule has 0 amide bonds. The van der Waals surface area contributed by atoms with Gasteiger partial charge in [-0.05, 0) is 33.9 Å². The maximum Gasteiger partial charge on any atom is 0.0229 e. The molecule has 3 nitrogen and oxygen atoms in total. The molecular weight excluding hydrogens is 174 g/mol. The molecule has 1 heterocycles. The Labute approximate surface area is 88.2 Å². The minimum atomic E-state index is 0.330. The van der Waals surface area contributed by atoms with Crippen molar-refractivity contribution in [2.75, 3.05) is 27.2 Å². The summed E-state index contributed by atoms with van der Waals surface area (Å²) >= 11 is 0. The molecular formula is C11H25N3. The van der Waals surface area contributed by atoms with Gasteiger partial charge in [0.25, 0.3) is 0 Å². The maximum atomic E-state index is 6.06. The van der Waals surface area contributed by atoms with Gasteiger partial charge in [-0.3, -0.25) is 4.90 Å². The third-order valence-corrected chi connectivity index (χ3v) is 3.59. The Morgan fingerprint density at radius 1 is 1.50 bits per heavy atom. The molecule has 0 aromatic heterocycles. The first kappa shape index (κ1) is 12.0. The minimum Gasteiger partial charge on any atom is -0.326 e. The van der Waals surface area contributed by atoms with Gasteiger partial charge < -0.3 is 10.6 Å². The van der Waals surface area contributed by atoms with E-state index in [0.717, 1.165) is 12.5 Å². The number of rotatable bonds is 4. The van der Waals surface area contributed by atoms with Crippen molar-refractivity contribution in [1.82, 2.24) is 9.80 Å². The van der Waals surface area contributed by atoms with Gasteiger partial charge in [-0.1, -0.05) is 6.92 Å². The van der Waals surface area contributed by atoms with Gasteiger partial charge >= 0.3 is 0 Å². The first-order chi connectivity index (χ1) is 6.56. The number of hydrogen-bond acceptors (Lipinski definition) is 3. The van der Waals surface area contributed by atoms with Crippen LogP contribution in [0.2, 0.25) is 0 Å². The molecule has 0 aliphatic carbocycles. The van der Waals surface area contributed by atoms with E-state index < -0.39 is 0 Å². The van der Waals surface area contributed by atoms with E-state index >= 15 is 0 Å². The minimum absolute atomic E-state index is 0.330. The lowest BCUT2D eigenvalue weighted by molar-refractivity contribution is 0.201. The van der Waals surface area contributed by atoms with E-state index in [4.69, 9.17) is 5.73 Å². The molecule has 3 unspecified atom stereocenters. The largest absolute Gasteiger partial charge is 0.326 e. The summed E-state index contributed by atoms with van der Waals surface area (Å²) in [6.07, 6.45) is 2.36. The molecule has 3 heteroatoms. The molecule has 0 saturated carbocycles. The second-order valence-electron chi connectivity index (χ2n) is 4.71. The van der Waals surface area contributed by atoms with Gasteiger partial charge in [0.2, 0.25) is 0 Å². The molecule has 0 radical (unpaired) electrons. The van der Waals surface area contributed by atoms with Crippen LogP contribution in [0.25, 0.3) is 0 Å². The molecule has 0 bridgehead atoms. The third-order valence-electron chi connectivity index (χ3n) is 3.59. The fourth-order valence-electron chi connectivity index (χ4n) is 2.17. The van der Waals surface area contributed by atoms with E-state index in [9.17, 15) is 0 Å². The average Bonchev–Trinajstić information content (AvgIpc) is 2.64. The van der Waals surface area contributed by atoms with Gasteiger partial charge in [-0.25, -0.2) is 0 Å². The third kappa shape index (κ3) is 2.69. The van der Waals surface area contributed by atoms with Crippen molar-refractivity contribution in [2.24, 2.45) is 5.73 Å². The number of hydrogen-bond donors (Lipinski definition) is 1. The molecule has 2 N–H and O–H groups in total. The van der Waals surface area contributed by atoms with E-state index in [1.165, 1.54) is 19.5 Å². The molecule has 0 aromatic carbocycles. The van der Waals surface area contributed by atoms with E-state index in [0.29, 0.717) is 12.1 Å². The zero-order chi connectivity index (χ0) is 10.7. The maximum absolute atomic E-state index is 6.06. The van der Waals surface area contributed by atoms with Gasteiger partial charge in [0.15, 0.2) is 0 Å². The zero-order valence-corrected chi connectivity index (χ0v) is 10.0. The molecule has 1 aliphatic rings. The lowest BCUT2D eigenvalue weighted by atomic mass is 10.1. The fourth-order valence-corrected chi connectivity index (χ4v) is 2.17. The first-order valence-electron chi connectivity index (χ1n) is 5.72. The van der Waals surface area contributed by atoms with Crippen LogP contribution in [-0.2, 0) is 0 Å². The number of likely N-dealkylation sites (N-methyl/N-ethyl adjacent to an activating group) is 1. The van der Waals surface area contributed by atoms with Crippen LogP contribution in [0.3, 0.4) is 0 Å². The molecule has 3 atom stereocenters. The number of nitrogens with zero attached hydrogens (tertiary/aromatic N) is 2. The SMILES string of the molecule is CCC(N)C(C)N1CCC(N(C)C)C1. The summed E-state index contributed by atoms with van der Waals surface area (Å²) in [5.41, 5.74) is 6.06. The molecule has 1 saturated heterocycles. The Kier molecular flexibility index (Phi) is 4.35. The second-order valence-corrected chi connectivity index (χ2v) is 4.71. The fraction of sp³-hybridized carbons (Fsp3) is 1.00. The summed E-state index contributed by atoms with van der Waals surface area (Å²) in [5, 5.41) is 0. The highest BCUT2D eigenvalue weighted by Gasteiger charge is 2.29. The van der Waals surface area contributed by atoms with Crippen molar-refractivity contribution in [3.8, 4) is 0 Å². The van der Waals surface area contributed by atoms with E-state index in [1.807, 2.05) is 0 Å². The summed E-state index contributed by atoms with van der Waals surface area (Å²) < 4.78 is 0. The van der Waals surface area contributed by atoms with Crippen LogP contribution >= 0.6 is 0 Å². The molecule has 0 spiro atoms. The highest BCUT2D eigenvalue weighted by atomic mass is 15.3. The topological polar surface area (TPSA) is 32.5 Å². The summed E-state index contributed by atoms with van der Waals surface area (Å²) in [4.78, 5) is 4.85. The lowest BCUT2D eigenvalue weighted by Gasteiger charge is -2.29. The van der Waals surface area contributed by atoms with Crippen molar-refractivity contribution in [3.05, 3.63) is 0 Å². The van der Waals surface area contributed by atoms with Gasteiger partial charge in [0.1, 0.15) is 0 Å². The van der Waals surface area contributed by atoms with Crippen LogP contribution in [0.4, 0.5) is 0 Å². The van der Waals surface area contributed by atoms with Crippen LogP contribution in [0.1, 0.15) is 26.7 Å².